The second kappa shape index (κ2) is 2.61. The van der Waals surface area contributed by atoms with Crippen LogP contribution in [0.5, 0.6) is 0 Å². The molecule has 0 aromatic carbocycles. The lowest BCUT2D eigenvalue weighted by molar-refractivity contribution is 0.554. The molecule has 0 radical (unpaired) electrons. The summed E-state index contributed by atoms with van der Waals surface area (Å²) in [7, 11) is 0. The maximum atomic E-state index is 6.03. The normalized spacial score (nSPS) is 21.5. The molecule has 1 fully saturated rings. The Balaban J connectivity index is 2.40. The molecular weight excluding hydrogens is 160 g/mol. The SMILES string of the molecule is Cc1cc(C2(C(C)N)CC2)c(C)[nH]1. The molecule has 1 atom stereocenters. The number of nitrogens with one attached hydrogen (secondary N) is 1. The Bertz CT molecular complexity index is 319. The number of H-pyrrole nitrogens is 1. The molecule has 1 unspecified atom stereocenters. The van der Waals surface area contributed by atoms with Gasteiger partial charge in [0, 0.05) is 22.8 Å². The summed E-state index contributed by atoms with van der Waals surface area (Å²) in [5, 5.41) is 0. The van der Waals surface area contributed by atoms with Crippen LogP contribution in [0.3, 0.4) is 0 Å². The van der Waals surface area contributed by atoms with Crippen molar-refractivity contribution in [3.8, 4) is 0 Å². The van der Waals surface area contributed by atoms with E-state index in [0.29, 0.717) is 5.41 Å². The summed E-state index contributed by atoms with van der Waals surface area (Å²) in [6.07, 6.45) is 2.51. The molecule has 2 rings (SSSR count). The highest BCUT2D eigenvalue weighted by Crippen LogP contribution is 2.51. The van der Waals surface area contributed by atoms with E-state index in [0.717, 1.165) is 0 Å². The molecular formula is C11H18N2. The molecule has 0 spiro atoms. The van der Waals surface area contributed by atoms with Crippen molar-refractivity contribution >= 4 is 0 Å². The second-order valence-corrected chi connectivity index (χ2v) is 4.44. The summed E-state index contributed by atoms with van der Waals surface area (Å²) in [6, 6.07) is 2.53. The highest BCUT2D eigenvalue weighted by molar-refractivity contribution is 5.38. The number of nitrogens with two attached hydrogens (primary N) is 1. The third kappa shape index (κ3) is 1.20. The molecule has 13 heavy (non-hydrogen) atoms. The van der Waals surface area contributed by atoms with E-state index in [1.807, 2.05) is 0 Å². The smallest absolute Gasteiger partial charge is 0.0156 e. The lowest BCUT2D eigenvalue weighted by atomic mass is 9.89. The Labute approximate surface area is 79.5 Å². The van der Waals surface area contributed by atoms with Gasteiger partial charge < -0.3 is 10.7 Å². The Hall–Kier alpha value is -0.760. The van der Waals surface area contributed by atoms with Crippen molar-refractivity contribution in [3.63, 3.8) is 0 Å². The van der Waals surface area contributed by atoms with Gasteiger partial charge in [-0.05, 0) is 45.2 Å². The molecule has 2 heteroatoms. The molecule has 1 aliphatic carbocycles. The van der Waals surface area contributed by atoms with Crippen LogP contribution in [-0.4, -0.2) is 11.0 Å². The van der Waals surface area contributed by atoms with E-state index in [2.05, 4.69) is 31.8 Å². The molecule has 1 saturated carbocycles. The number of hydrogen-bond donors (Lipinski definition) is 2. The van der Waals surface area contributed by atoms with Gasteiger partial charge in [0.15, 0.2) is 0 Å². The van der Waals surface area contributed by atoms with Gasteiger partial charge >= 0.3 is 0 Å². The van der Waals surface area contributed by atoms with Gasteiger partial charge in [0.1, 0.15) is 0 Å². The maximum absolute atomic E-state index is 6.03. The largest absolute Gasteiger partial charge is 0.362 e. The van der Waals surface area contributed by atoms with Gasteiger partial charge in [-0.3, -0.25) is 0 Å². The zero-order valence-corrected chi connectivity index (χ0v) is 8.65. The summed E-state index contributed by atoms with van der Waals surface area (Å²) in [6.45, 7) is 6.37. The first-order valence-electron chi connectivity index (χ1n) is 4.98. The Morgan fingerprint density at radius 3 is 2.38 bits per heavy atom. The van der Waals surface area contributed by atoms with E-state index in [9.17, 15) is 0 Å². The minimum Gasteiger partial charge on any atom is -0.362 e. The lowest BCUT2D eigenvalue weighted by Gasteiger charge is -2.19. The molecule has 1 aliphatic rings. The summed E-state index contributed by atoms with van der Waals surface area (Å²) in [4.78, 5) is 3.35. The van der Waals surface area contributed by atoms with Gasteiger partial charge in [-0.25, -0.2) is 0 Å². The quantitative estimate of drug-likeness (QED) is 0.714. The van der Waals surface area contributed by atoms with E-state index in [1.54, 1.807) is 0 Å². The van der Waals surface area contributed by atoms with Gasteiger partial charge in [-0.15, -0.1) is 0 Å². The fourth-order valence-corrected chi connectivity index (χ4v) is 2.35. The van der Waals surface area contributed by atoms with Crippen molar-refractivity contribution < 1.29 is 0 Å². The Morgan fingerprint density at radius 1 is 1.46 bits per heavy atom. The molecule has 1 aromatic heterocycles. The number of aromatic nitrogens is 1. The van der Waals surface area contributed by atoms with Gasteiger partial charge in [0.05, 0.1) is 0 Å². The summed E-state index contributed by atoms with van der Waals surface area (Å²) < 4.78 is 0. The van der Waals surface area contributed by atoms with E-state index in [1.165, 1.54) is 29.8 Å². The van der Waals surface area contributed by atoms with Crippen molar-refractivity contribution in [2.75, 3.05) is 0 Å². The van der Waals surface area contributed by atoms with Crippen LogP contribution >= 0.6 is 0 Å². The predicted molar refractivity (Wildman–Crippen MR) is 54.8 cm³/mol. The van der Waals surface area contributed by atoms with Crippen LogP contribution in [0.2, 0.25) is 0 Å². The van der Waals surface area contributed by atoms with E-state index in [-0.39, 0.29) is 6.04 Å². The first-order valence-corrected chi connectivity index (χ1v) is 4.98. The van der Waals surface area contributed by atoms with Crippen LogP contribution in [0, 0.1) is 13.8 Å². The topological polar surface area (TPSA) is 41.8 Å². The van der Waals surface area contributed by atoms with Crippen molar-refractivity contribution in [2.45, 2.75) is 45.1 Å². The van der Waals surface area contributed by atoms with Gasteiger partial charge in [-0.1, -0.05) is 0 Å². The van der Waals surface area contributed by atoms with Gasteiger partial charge in [0.2, 0.25) is 0 Å². The molecule has 0 saturated heterocycles. The number of rotatable bonds is 2. The highest BCUT2D eigenvalue weighted by atomic mass is 14.8. The Kier molecular flexibility index (Phi) is 1.77. The molecule has 1 aromatic rings. The molecule has 3 N–H and O–H groups in total. The van der Waals surface area contributed by atoms with Gasteiger partial charge in [-0.2, -0.15) is 0 Å². The van der Waals surface area contributed by atoms with Gasteiger partial charge in [0.25, 0.3) is 0 Å². The molecule has 0 bridgehead atoms. The van der Waals surface area contributed by atoms with Crippen LogP contribution in [0.25, 0.3) is 0 Å². The summed E-state index contributed by atoms with van der Waals surface area (Å²) in [5.41, 5.74) is 10.3. The van der Waals surface area contributed by atoms with Crippen molar-refractivity contribution in [1.29, 1.82) is 0 Å². The minimum absolute atomic E-state index is 0.279. The monoisotopic (exact) mass is 178 g/mol. The molecule has 1 heterocycles. The third-order valence-corrected chi connectivity index (χ3v) is 3.35. The summed E-state index contributed by atoms with van der Waals surface area (Å²) in [5.74, 6) is 0. The van der Waals surface area contributed by atoms with Crippen LogP contribution in [0.1, 0.15) is 36.7 Å². The predicted octanol–water partition coefficient (Wildman–Crippen LogP) is 2.01. The highest BCUT2D eigenvalue weighted by Gasteiger charge is 2.48. The zero-order valence-electron chi connectivity index (χ0n) is 8.65. The number of aromatic amines is 1. The third-order valence-electron chi connectivity index (χ3n) is 3.35. The maximum Gasteiger partial charge on any atom is 0.0156 e. The van der Waals surface area contributed by atoms with E-state index in [4.69, 9.17) is 5.73 Å². The fraction of sp³-hybridized carbons (Fsp3) is 0.636. The first-order chi connectivity index (χ1) is 6.06. The van der Waals surface area contributed by atoms with Crippen LogP contribution in [-0.2, 0) is 5.41 Å². The van der Waals surface area contributed by atoms with Crippen molar-refractivity contribution in [2.24, 2.45) is 5.73 Å². The summed E-state index contributed by atoms with van der Waals surface area (Å²) >= 11 is 0. The molecule has 72 valence electrons. The van der Waals surface area contributed by atoms with Crippen LogP contribution in [0.4, 0.5) is 0 Å². The molecule has 2 nitrogen and oxygen atoms in total. The van der Waals surface area contributed by atoms with Crippen LogP contribution < -0.4 is 5.73 Å². The lowest BCUT2D eigenvalue weighted by Crippen LogP contribution is -2.31. The van der Waals surface area contributed by atoms with Crippen molar-refractivity contribution in [3.05, 3.63) is 23.0 Å². The van der Waals surface area contributed by atoms with Crippen LogP contribution in [0.15, 0.2) is 6.07 Å². The fourth-order valence-electron chi connectivity index (χ4n) is 2.35. The Morgan fingerprint density at radius 2 is 2.08 bits per heavy atom. The minimum atomic E-state index is 0.279. The van der Waals surface area contributed by atoms with E-state index >= 15 is 0 Å². The zero-order chi connectivity index (χ0) is 9.64. The van der Waals surface area contributed by atoms with E-state index < -0.39 is 0 Å². The van der Waals surface area contributed by atoms with Crippen molar-refractivity contribution in [1.82, 2.24) is 4.98 Å². The first kappa shape index (κ1) is 8.82. The molecule has 0 aliphatic heterocycles. The average molecular weight is 178 g/mol. The number of aryl methyl sites for hydroxylation is 2. The number of hydrogen-bond acceptors (Lipinski definition) is 1. The average Bonchev–Trinajstić information content (AvgIpc) is 2.75. The molecule has 0 amide bonds. The second-order valence-electron chi connectivity index (χ2n) is 4.44. The standard InChI is InChI=1S/C11H18N2/c1-7-6-10(8(2)13-7)11(4-5-11)9(3)12/h6,9,13H,4-5,12H2,1-3H3.